The highest BCUT2D eigenvalue weighted by Crippen LogP contribution is 2.44. The summed E-state index contributed by atoms with van der Waals surface area (Å²) >= 11 is 0. The molecule has 0 bridgehead atoms. The van der Waals surface area contributed by atoms with Crippen LogP contribution in [0.4, 0.5) is 5.95 Å². The van der Waals surface area contributed by atoms with Crippen LogP contribution in [0.25, 0.3) is 0 Å². The van der Waals surface area contributed by atoms with Gasteiger partial charge in [0.25, 0.3) is 0 Å². The monoisotopic (exact) mass is 360 g/mol. The molecule has 136 valence electrons. The fourth-order valence-corrected chi connectivity index (χ4v) is 4.19. The molecule has 1 aliphatic carbocycles. The van der Waals surface area contributed by atoms with E-state index in [1.54, 1.807) is 6.26 Å². The van der Waals surface area contributed by atoms with Gasteiger partial charge in [-0.3, -0.25) is 4.79 Å². The summed E-state index contributed by atoms with van der Waals surface area (Å²) in [5, 5.41) is 7.93. The number of carbonyl (C=O) groups excluding carboxylic acids is 1. The van der Waals surface area contributed by atoms with E-state index >= 15 is 0 Å². The number of Topliss-reactive ketones (excluding diaryl/α,β-unsaturated/α-hetero) is 1. The van der Waals surface area contributed by atoms with Crippen molar-refractivity contribution in [3.63, 3.8) is 0 Å². The van der Waals surface area contributed by atoms with Crippen LogP contribution in [-0.2, 0) is 4.79 Å². The molecule has 3 heterocycles. The first-order valence-electron chi connectivity index (χ1n) is 9.16. The molecule has 27 heavy (non-hydrogen) atoms. The molecule has 2 unspecified atom stereocenters. The lowest BCUT2D eigenvalue weighted by Gasteiger charge is -2.34. The summed E-state index contributed by atoms with van der Waals surface area (Å²) in [6.07, 6.45) is 2.83. The molecule has 6 heteroatoms. The molecule has 0 saturated heterocycles. The van der Waals surface area contributed by atoms with E-state index in [4.69, 9.17) is 4.42 Å². The Kier molecular flexibility index (Phi) is 3.53. The third-order valence-corrected chi connectivity index (χ3v) is 5.33. The summed E-state index contributed by atoms with van der Waals surface area (Å²) in [6.45, 7) is 3.93. The first-order chi connectivity index (χ1) is 13.1. The van der Waals surface area contributed by atoms with E-state index in [1.807, 2.05) is 29.8 Å². The molecule has 1 aromatic carbocycles. The van der Waals surface area contributed by atoms with Gasteiger partial charge in [-0.1, -0.05) is 29.8 Å². The van der Waals surface area contributed by atoms with Crippen molar-refractivity contribution in [2.45, 2.75) is 38.6 Å². The lowest BCUT2D eigenvalue weighted by Crippen LogP contribution is -2.33. The highest BCUT2D eigenvalue weighted by molar-refractivity contribution is 6.00. The number of hydrogen-bond donors (Lipinski definition) is 1. The van der Waals surface area contributed by atoms with E-state index < -0.39 is 0 Å². The van der Waals surface area contributed by atoms with Crippen molar-refractivity contribution in [1.29, 1.82) is 0 Å². The molecule has 0 radical (unpaired) electrons. The van der Waals surface area contributed by atoms with Crippen molar-refractivity contribution in [3.05, 3.63) is 76.6 Å². The van der Waals surface area contributed by atoms with Crippen molar-refractivity contribution in [2.75, 3.05) is 5.32 Å². The normalized spacial score (nSPS) is 21.6. The van der Waals surface area contributed by atoms with Crippen LogP contribution in [0.5, 0.6) is 0 Å². The van der Waals surface area contributed by atoms with E-state index in [0.29, 0.717) is 18.2 Å². The molecule has 2 aromatic heterocycles. The number of allylic oxidation sites excluding steroid dienone is 2. The Labute approximate surface area is 156 Å². The fraction of sp³-hybridized carbons (Fsp3) is 0.286. The molecule has 1 aliphatic heterocycles. The number of aryl methyl sites for hydroxylation is 2. The van der Waals surface area contributed by atoms with Crippen LogP contribution in [0.3, 0.4) is 0 Å². The number of benzene rings is 1. The Bertz CT molecular complexity index is 1060. The number of rotatable bonds is 2. The standard InChI is InChI=1S/C21H20N4O2/c1-12-5-3-6-14(9-12)20-19-16(23-21-22-13(2)24-25(20)21)10-15(11-17(19)26)18-7-4-8-27-18/h3-9,15,20H,10-11H2,1-2H3,(H,22,23,24). The Balaban J connectivity index is 1.65. The molecule has 0 spiro atoms. The zero-order valence-corrected chi connectivity index (χ0v) is 15.3. The molecular formula is C21H20N4O2. The van der Waals surface area contributed by atoms with Crippen molar-refractivity contribution in [1.82, 2.24) is 14.8 Å². The van der Waals surface area contributed by atoms with Gasteiger partial charge in [0.2, 0.25) is 5.95 Å². The second-order valence-electron chi connectivity index (χ2n) is 7.30. The first-order valence-corrected chi connectivity index (χ1v) is 9.16. The summed E-state index contributed by atoms with van der Waals surface area (Å²) in [7, 11) is 0. The van der Waals surface area contributed by atoms with Crippen LogP contribution < -0.4 is 5.32 Å². The maximum atomic E-state index is 13.2. The topological polar surface area (TPSA) is 73.0 Å². The average molecular weight is 360 g/mol. The van der Waals surface area contributed by atoms with Gasteiger partial charge in [-0.25, -0.2) is 4.68 Å². The number of furan rings is 1. The minimum Gasteiger partial charge on any atom is -0.469 e. The minimum atomic E-state index is -0.248. The maximum Gasteiger partial charge on any atom is 0.226 e. The van der Waals surface area contributed by atoms with E-state index in [0.717, 1.165) is 34.6 Å². The zero-order valence-electron chi connectivity index (χ0n) is 15.3. The van der Waals surface area contributed by atoms with Crippen LogP contribution in [0, 0.1) is 13.8 Å². The highest BCUT2D eigenvalue weighted by Gasteiger charge is 2.40. The van der Waals surface area contributed by atoms with Gasteiger partial charge in [-0.15, -0.1) is 0 Å². The molecule has 1 N–H and O–H groups in total. The second kappa shape index (κ2) is 5.94. The first kappa shape index (κ1) is 16.1. The zero-order chi connectivity index (χ0) is 18.5. The van der Waals surface area contributed by atoms with Crippen LogP contribution in [0.15, 0.2) is 58.3 Å². The highest BCUT2D eigenvalue weighted by atomic mass is 16.3. The van der Waals surface area contributed by atoms with Gasteiger partial charge in [0, 0.05) is 23.6 Å². The van der Waals surface area contributed by atoms with E-state index in [-0.39, 0.29) is 17.7 Å². The van der Waals surface area contributed by atoms with Gasteiger partial charge in [0.05, 0.1) is 6.26 Å². The Morgan fingerprint density at radius 2 is 2.07 bits per heavy atom. The van der Waals surface area contributed by atoms with Crippen molar-refractivity contribution in [3.8, 4) is 0 Å². The lowest BCUT2D eigenvalue weighted by atomic mass is 9.79. The smallest absolute Gasteiger partial charge is 0.226 e. The molecule has 3 aromatic rings. The summed E-state index contributed by atoms with van der Waals surface area (Å²) in [5.41, 5.74) is 3.93. The minimum absolute atomic E-state index is 0.0486. The third kappa shape index (κ3) is 2.60. The molecule has 5 rings (SSSR count). The molecule has 0 saturated carbocycles. The molecule has 2 atom stereocenters. The Morgan fingerprint density at radius 1 is 1.19 bits per heavy atom. The van der Waals surface area contributed by atoms with E-state index in [9.17, 15) is 4.79 Å². The summed E-state index contributed by atoms with van der Waals surface area (Å²) < 4.78 is 7.41. The van der Waals surface area contributed by atoms with Crippen molar-refractivity contribution >= 4 is 11.7 Å². The van der Waals surface area contributed by atoms with Crippen LogP contribution in [-0.4, -0.2) is 20.5 Å². The number of nitrogens with one attached hydrogen (secondary N) is 1. The number of aromatic nitrogens is 3. The number of hydrogen-bond acceptors (Lipinski definition) is 5. The molecule has 2 aliphatic rings. The van der Waals surface area contributed by atoms with Crippen LogP contribution >= 0.6 is 0 Å². The number of anilines is 1. The Morgan fingerprint density at radius 3 is 2.85 bits per heavy atom. The van der Waals surface area contributed by atoms with Gasteiger partial charge < -0.3 is 9.73 Å². The van der Waals surface area contributed by atoms with Crippen molar-refractivity contribution in [2.24, 2.45) is 0 Å². The molecule has 0 amide bonds. The molecular weight excluding hydrogens is 340 g/mol. The average Bonchev–Trinajstić information content (AvgIpc) is 3.28. The van der Waals surface area contributed by atoms with Gasteiger partial charge >= 0.3 is 0 Å². The predicted molar refractivity (Wildman–Crippen MR) is 100 cm³/mol. The number of nitrogens with zero attached hydrogens (tertiary/aromatic N) is 3. The summed E-state index contributed by atoms with van der Waals surface area (Å²) in [5.74, 6) is 2.41. The number of fused-ring (bicyclic) bond motifs is 1. The number of ketones is 1. The second-order valence-corrected chi connectivity index (χ2v) is 7.30. The SMILES string of the molecule is Cc1cccc(C2C3=C(CC(c4ccco4)CC3=O)Nc3nc(C)nn32)c1. The molecule has 0 fully saturated rings. The van der Waals surface area contributed by atoms with Crippen molar-refractivity contribution < 1.29 is 9.21 Å². The number of carbonyl (C=O) groups is 1. The largest absolute Gasteiger partial charge is 0.469 e. The summed E-state index contributed by atoms with van der Waals surface area (Å²) in [6, 6.07) is 11.8. The van der Waals surface area contributed by atoms with E-state index in [2.05, 4.69) is 40.5 Å². The fourth-order valence-electron chi connectivity index (χ4n) is 4.19. The van der Waals surface area contributed by atoms with E-state index in [1.165, 1.54) is 0 Å². The van der Waals surface area contributed by atoms with Gasteiger partial charge in [0.15, 0.2) is 5.78 Å². The predicted octanol–water partition coefficient (Wildman–Crippen LogP) is 3.90. The lowest BCUT2D eigenvalue weighted by molar-refractivity contribution is -0.117. The molecule has 6 nitrogen and oxygen atoms in total. The van der Waals surface area contributed by atoms with Crippen LogP contribution in [0.1, 0.15) is 47.5 Å². The Hall–Kier alpha value is -3.15. The third-order valence-electron chi connectivity index (χ3n) is 5.33. The van der Waals surface area contributed by atoms with Gasteiger partial charge in [-0.2, -0.15) is 10.1 Å². The quantitative estimate of drug-likeness (QED) is 0.750. The summed E-state index contributed by atoms with van der Waals surface area (Å²) in [4.78, 5) is 17.7. The van der Waals surface area contributed by atoms with Crippen LogP contribution in [0.2, 0.25) is 0 Å². The van der Waals surface area contributed by atoms with Gasteiger partial charge in [0.1, 0.15) is 17.6 Å². The maximum absolute atomic E-state index is 13.2. The van der Waals surface area contributed by atoms with Gasteiger partial charge in [-0.05, 0) is 38.0 Å².